The number of aromatic nitrogens is 2. The van der Waals surface area contributed by atoms with Crippen molar-refractivity contribution in [2.45, 2.75) is 6.61 Å². The highest BCUT2D eigenvalue weighted by molar-refractivity contribution is 7.10. The third-order valence-electron chi connectivity index (χ3n) is 4.18. The second-order valence-corrected chi connectivity index (χ2v) is 7.15. The van der Waals surface area contributed by atoms with E-state index in [-0.39, 0.29) is 0 Å². The Labute approximate surface area is 163 Å². The highest BCUT2D eigenvalue weighted by Gasteiger charge is 2.12. The van der Waals surface area contributed by atoms with Gasteiger partial charge >= 0.3 is 0 Å². The number of piperazine rings is 1. The molecule has 0 atom stereocenters. The molecule has 1 aliphatic heterocycles. The molecule has 1 aliphatic rings. The highest BCUT2D eigenvalue weighted by Crippen LogP contribution is 2.19. The molecule has 2 aromatic heterocycles. The molecule has 5 nitrogen and oxygen atoms in total. The number of rotatable bonds is 4. The summed E-state index contributed by atoms with van der Waals surface area (Å²) in [5.74, 6) is 7.79. The van der Waals surface area contributed by atoms with Crippen LogP contribution in [0, 0.1) is 11.8 Å². The van der Waals surface area contributed by atoms with Crippen LogP contribution < -0.4 is 15.0 Å². The lowest BCUT2D eigenvalue weighted by molar-refractivity contribution is 0.296. The molecule has 1 fully saturated rings. The molecule has 0 spiro atoms. The maximum atomic E-state index is 5.85. The van der Waals surface area contributed by atoms with E-state index >= 15 is 0 Å². The van der Waals surface area contributed by atoms with Crippen LogP contribution in [0.15, 0.2) is 54.2 Å². The Hall–Kier alpha value is -2.88. The average Bonchev–Trinajstić information content (AvgIpc) is 3.20. The van der Waals surface area contributed by atoms with Gasteiger partial charge in [-0.15, -0.1) is 11.3 Å². The summed E-state index contributed by atoms with van der Waals surface area (Å²) in [4.78, 5) is 12.2. The Bertz CT molecular complexity index is 939. The normalized spacial score (nSPS) is 13.7. The van der Waals surface area contributed by atoms with E-state index in [1.165, 1.54) is 0 Å². The maximum Gasteiger partial charge on any atom is 0.234 e. The van der Waals surface area contributed by atoms with E-state index in [9.17, 15) is 0 Å². The van der Waals surface area contributed by atoms with Crippen molar-refractivity contribution in [2.75, 3.05) is 31.1 Å². The molecular weight excluding hydrogens is 356 g/mol. The van der Waals surface area contributed by atoms with Gasteiger partial charge in [0.05, 0.1) is 12.4 Å². The van der Waals surface area contributed by atoms with Crippen LogP contribution in [0.1, 0.15) is 16.0 Å². The van der Waals surface area contributed by atoms with E-state index in [1.807, 2.05) is 30.3 Å². The van der Waals surface area contributed by atoms with E-state index in [4.69, 9.17) is 4.74 Å². The summed E-state index contributed by atoms with van der Waals surface area (Å²) in [6.07, 6.45) is 3.45. The Morgan fingerprint density at radius 2 is 1.89 bits per heavy atom. The lowest BCUT2D eigenvalue weighted by atomic mass is 10.2. The fourth-order valence-corrected chi connectivity index (χ4v) is 3.51. The van der Waals surface area contributed by atoms with Gasteiger partial charge in [-0.05, 0) is 18.2 Å². The average molecular weight is 376 g/mol. The molecule has 3 heterocycles. The van der Waals surface area contributed by atoms with Crippen molar-refractivity contribution in [3.05, 3.63) is 70.2 Å². The van der Waals surface area contributed by atoms with Crippen LogP contribution in [-0.4, -0.2) is 36.1 Å². The first-order valence-electron chi connectivity index (χ1n) is 8.92. The van der Waals surface area contributed by atoms with Gasteiger partial charge in [-0.3, -0.25) is 4.98 Å². The largest absolute Gasteiger partial charge is 0.471 e. The number of nitrogens with one attached hydrogen (secondary N) is 1. The van der Waals surface area contributed by atoms with Crippen LogP contribution in [-0.2, 0) is 6.61 Å². The van der Waals surface area contributed by atoms with Gasteiger partial charge in [0.1, 0.15) is 6.61 Å². The van der Waals surface area contributed by atoms with Crippen LogP contribution in [0.5, 0.6) is 5.88 Å². The molecule has 136 valence electrons. The van der Waals surface area contributed by atoms with Crippen LogP contribution >= 0.6 is 11.3 Å². The molecule has 0 unspecified atom stereocenters. The topological polar surface area (TPSA) is 50.3 Å². The van der Waals surface area contributed by atoms with Crippen molar-refractivity contribution in [2.24, 2.45) is 0 Å². The summed E-state index contributed by atoms with van der Waals surface area (Å²) in [7, 11) is 0. The van der Waals surface area contributed by atoms with Crippen molar-refractivity contribution >= 4 is 17.2 Å². The van der Waals surface area contributed by atoms with Gasteiger partial charge in [0.15, 0.2) is 5.82 Å². The van der Waals surface area contributed by atoms with E-state index in [0.29, 0.717) is 12.5 Å². The molecule has 1 N–H and O–H groups in total. The summed E-state index contributed by atoms with van der Waals surface area (Å²) >= 11 is 1.64. The van der Waals surface area contributed by atoms with Crippen molar-refractivity contribution in [3.8, 4) is 17.7 Å². The number of benzene rings is 1. The summed E-state index contributed by atoms with van der Waals surface area (Å²) in [5, 5.41) is 5.39. The minimum atomic E-state index is 0.470. The van der Waals surface area contributed by atoms with Crippen LogP contribution in [0.4, 0.5) is 5.82 Å². The van der Waals surface area contributed by atoms with Crippen LogP contribution in [0.25, 0.3) is 0 Å². The van der Waals surface area contributed by atoms with Crippen LogP contribution in [0.3, 0.4) is 0 Å². The van der Waals surface area contributed by atoms with Crippen LogP contribution in [0.2, 0.25) is 0 Å². The van der Waals surface area contributed by atoms with Gasteiger partial charge in [0, 0.05) is 47.6 Å². The smallest absolute Gasteiger partial charge is 0.234 e. The molecule has 0 saturated carbocycles. The number of anilines is 1. The van der Waals surface area contributed by atoms with E-state index in [2.05, 4.69) is 43.5 Å². The number of nitrogens with zero attached hydrogens (tertiary/aromatic N) is 3. The second-order valence-electron chi connectivity index (χ2n) is 6.16. The molecule has 27 heavy (non-hydrogen) atoms. The van der Waals surface area contributed by atoms with Gasteiger partial charge < -0.3 is 15.0 Å². The fraction of sp³-hybridized carbons (Fsp3) is 0.238. The third kappa shape index (κ3) is 4.85. The van der Waals surface area contributed by atoms with Crippen molar-refractivity contribution in [1.82, 2.24) is 15.3 Å². The maximum absolute atomic E-state index is 5.85. The number of thiophene rings is 1. The molecule has 0 radical (unpaired) electrons. The number of ether oxygens (including phenoxy) is 1. The zero-order valence-electron chi connectivity index (χ0n) is 14.9. The zero-order valence-corrected chi connectivity index (χ0v) is 15.7. The highest BCUT2D eigenvalue weighted by atomic mass is 32.1. The Morgan fingerprint density at radius 1 is 1.07 bits per heavy atom. The van der Waals surface area contributed by atoms with Crippen molar-refractivity contribution in [3.63, 3.8) is 0 Å². The zero-order chi connectivity index (χ0) is 18.3. The Morgan fingerprint density at radius 3 is 2.74 bits per heavy atom. The fourth-order valence-electron chi connectivity index (χ4n) is 2.79. The molecule has 0 aliphatic carbocycles. The van der Waals surface area contributed by atoms with Gasteiger partial charge in [-0.1, -0.05) is 30.0 Å². The van der Waals surface area contributed by atoms with Gasteiger partial charge in [0.25, 0.3) is 0 Å². The van der Waals surface area contributed by atoms with E-state index < -0.39 is 0 Å². The monoisotopic (exact) mass is 376 g/mol. The SMILES string of the molecule is C(#Cc1csc(COc2cncc(N3CCNCC3)n2)c1)c1ccccc1. The van der Waals surface area contributed by atoms with E-state index in [1.54, 1.807) is 23.7 Å². The lowest BCUT2D eigenvalue weighted by Crippen LogP contribution is -2.43. The molecular formula is C21H20N4OS. The summed E-state index contributed by atoms with van der Waals surface area (Å²) in [5.41, 5.74) is 2.02. The minimum absolute atomic E-state index is 0.470. The third-order valence-corrected chi connectivity index (χ3v) is 5.09. The molecule has 6 heteroatoms. The molecule has 0 bridgehead atoms. The Balaban J connectivity index is 1.37. The van der Waals surface area contributed by atoms with Gasteiger partial charge in [-0.2, -0.15) is 4.98 Å². The number of hydrogen-bond donors (Lipinski definition) is 1. The van der Waals surface area contributed by atoms with Gasteiger partial charge in [0.2, 0.25) is 5.88 Å². The standard InChI is InChI=1S/C21H20N4OS/c1-2-4-17(5-3-1)6-7-18-12-19(27-16-18)15-26-21-14-23-13-20(24-21)25-10-8-22-9-11-25/h1-5,12-14,16,22H,8-11,15H2. The molecule has 0 amide bonds. The van der Waals surface area contributed by atoms with Crippen molar-refractivity contribution in [1.29, 1.82) is 0 Å². The minimum Gasteiger partial charge on any atom is -0.471 e. The summed E-state index contributed by atoms with van der Waals surface area (Å²) < 4.78 is 5.85. The molecule has 3 aromatic rings. The molecule has 1 saturated heterocycles. The van der Waals surface area contributed by atoms with E-state index in [0.717, 1.165) is 48.0 Å². The number of hydrogen-bond acceptors (Lipinski definition) is 6. The first-order valence-corrected chi connectivity index (χ1v) is 9.80. The first-order chi connectivity index (χ1) is 13.4. The van der Waals surface area contributed by atoms with Crippen molar-refractivity contribution < 1.29 is 4.74 Å². The quantitative estimate of drug-likeness (QED) is 0.710. The lowest BCUT2D eigenvalue weighted by Gasteiger charge is -2.28. The second kappa shape index (κ2) is 8.67. The summed E-state index contributed by atoms with van der Waals surface area (Å²) in [6.45, 7) is 4.28. The molecule has 1 aromatic carbocycles. The Kier molecular flexibility index (Phi) is 5.63. The predicted molar refractivity (Wildman–Crippen MR) is 108 cm³/mol. The molecule has 4 rings (SSSR count). The summed E-state index contributed by atoms with van der Waals surface area (Å²) in [6, 6.07) is 12.1. The van der Waals surface area contributed by atoms with Gasteiger partial charge in [-0.25, -0.2) is 0 Å². The predicted octanol–water partition coefficient (Wildman–Crippen LogP) is 2.93. The first kappa shape index (κ1) is 17.5.